The van der Waals surface area contributed by atoms with Gasteiger partial charge < -0.3 is 0 Å². The molecule has 62 valence electrons. The van der Waals surface area contributed by atoms with E-state index in [2.05, 4.69) is 20.8 Å². The molecule has 0 saturated heterocycles. The second-order valence-corrected chi connectivity index (χ2v) is 6.70. The maximum atomic E-state index is 2.32. The number of hydrogen-bond donors (Lipinski definition) is 0. The highest BCUT2D eigenvalue weighted by Crippen LogP contribution is 2.11. The molecule has 0 spiro atoms. The first-order chi connectivity index (χ1) is 4.85. The van der Waals surface area contributed by atoms with E-state index < -0.39 is 0 Å². The molecule has 0 nitrogen and oxygen atoms in total. The number of hydrogen-bond acceptors (Lipinski definition) is 0. The lowest BCUT2D eigenvalue weighted by atomic mass is 10.6. The van der Waals surface area contributed by atoms with E-state index >= 15 is 0 Å². The third-order valence-electron chi connectivity index (χ3n) is 2.09. The first kappa shape index (κ1) is 10.2. The average Bonchev–Trinajstić information content (AvgIpc) is 1.90. The van der Waals surface area contributed by atoms with Crippen LogP contribution in [0.1, 0.15) is 41.5 Å². The zero-order chi connectivity index (χ0) is 7.82. The fraction of sp³-hybridized carbons (Fsp3) is 1.00. The van der Waals surface area contributed by atoms with Gasteiger partial charge in [0.05, 0.1) is 0 Å². The molecule has 0 bridgehead atoms. The minimum absolute atomic E-state index is 0. The standard InChI is InChI=1S/C9H22Si/c1-4-7-10(8-5-2)9-6-3/h10H,4-9H2,1-3H3/p+1. The van der Waals surface area contributed by atoms with Crippen LogP contribution in [0.5, 0.6) is 0 Å². The van der Waals surface area contributed by atoms with E-state index in [-0.39, 0.29) is 10.2 Å². The Morgan fingerprint density at radius 3 is 1.30 bits per heavy atom. The maximum absolute atomic E-state index is 2.32. The Balaban J connectivity index is 0. The summed E-state index contributed by atoms with van der Waals surface area (Å²) >= 11 is 0. The molecule has 1 heteroatoms. The summed E-state index contributed by atoms with van der Waals surface area (Å²) in [6.45, 7) is 6.97. The highest BCUT2D eigenvalue weighted by Gasteiger charge is 2.05. The first-order valence-electron chi connectivity index (χ1n) is 4.85. The molecule has 0 radical (unpaired) electrons. The molecule has 0 aliphatic heterocycles. The van der Waals surface area contributed by atoms with E-state index in [4.69, 9.17) is 0 Å². The molecule has 10 heavy (non-hydrogen) atoms. The molecule has 0 amide bonds. The van der Waals surface area contributed by atoms with Gasteiger partial charge in [-0.2, -0.15) is 0 Å². The zero-order valence-corrected chi connectivity index (χ0v) is 8.97. The Morgan fingerprint density at radius 2 is 1.10 bits per heavy atom. The molecule has 0 aromatic heterocycles. The van der Waals surface area contributed by atoms with Crippen LogP contribution in [0.4, 0.5) is 0 Å². The van der Waals surface area contributed by atoms with Crippen molar-refractivity contribution in [2.45, 2.75) is 58.2 Å². The van der Waals surface area contributed by atoms with Crippen molar-refractivity contribution >= 4 is 8.80 Å². The van der Waals surface area contributed by atoms with E-state index in [0.717, 1.165) is 0 Å². The minimum Gasteiger partial charge on any atom is -0.0657 e. The fourth-order valence-electron chi connectivity index (χ4n) is 1.66. The van der Waals surface area contributed by atoms with Gasteiger partial charge >= 0.3 is 1.43 Å². The van der Waals surface area contributed by atoms with Crippen molar-refractivity contribution in [3.8, 4) is 0 Å². The zero-order valence-electron chi connectivity index (χ0n) is 8.82. The second-order valence-electron chi connectivity index (χ2n) is 3.23. The van der Waals surface area contributed by atoms with Gasteiger partial charge in [-0.15, -0.1) is 0 Å². The van der Waals surface area contributed by atoms with Gasteiger partial charge in [0.15, 0.2) is 0 Å². The predicted molar refractivity (Wildman–Crippen MR) is 53.6 cm³/mol. The monoisotopic (exact) mass is 159 g/mol. The lowest BCUT2D eigenvalue weighted by molar-refractivity contribution is 0.957. The molecule has 0 rings (SSSR count). The van der Waals surface area contributed by atoms with Crippen molar-refractivity contribution in [3.05, 3.63) is 0 Å². The highest BCUT2D eigenvalue weighted by molar-refractivity contribution is 6.58. The summed E-state index contributed by atoms with van der Waals surface area (Å²) in [7, 11) is -0.234. The molecule has 0 fully saturated rings. The van der Waals surface area contributed by atoms with E-state index in [1.165, 1.54) is 19.3 Å². The maximum Gasteiger partial charge on any atom is 1.00 e. The highest BCUT2D eigenvalue weighted by atomic mass is 28.3. The molecule has 0 heterocycles. The molecule has 0 atom stereocenters. The Morgan fingerprint density at radius 1 is 0.800 bits per heavy atom. The lowest BCUT2D eigenvalue weighted by Gasteiger charge is -2.10. The summed E-state index contributed by atoms with van der Waals surface area (Å²) < 4.78 is 0. The molecule has 0 saturated carbocycles. The third-order valence-corrected chi connectivity index (χ3v) is 6.27. The van der Waals surface area contributed by atoms with Crippen LogP contribution in [-0.2, 0) is 0 Å². The quantitative estimate of drug-likeness (QED) is 0.520. The summed E-state index contributed by atoms with van der Waals surface area (Å²) in [5.74, 6) is 0. The van der Waals surface area contributed by atoms with Crippen molar-refractivity contribution in [3.63, 3.8) is 0 Å². The SMILES string of the molecule is CCC[SiH](CCC)CCC.[H+]. The molecule has 0 aromatic carbocycles. The predicted octanol–water partition coefficient (Wildman–Crippen LogP) is 3.56. The molecular weight excluding hydrogens is 136 g/mol. The third kappa shape index (κ3) is 5.04. The van der Waals surface area contributed by atoms with Gasteiger partial charge in [-0.05, 0) is 0 Å². The van der Waals surface area contributed by atoms with Gasteiger partial charge in [-0.25, -0.2) is 0 Å². The van der Waals surface area contributed by atoms with Crippen LogP contribution >= 0.6 is 0 Å². The summed E-state index contributed by atoms with van der Waals surface area (Å²) in [6, 6.07) is 4.76. The molecule has 0 aliphatic carbocycles. The second kappa shape index (κ2) is 7.33. The van der Waals surface area contributed by atoms with Crippen LogP contribution in [0.15, 0.2) is 0 Å². The lowest BCUT2D eigenvalue weighted by Crippen LogP contribution is -2.09. The van der Waals surface area contributed by atoms with Gasteiger partial charge in [-0.3, -0.25) is 0 Å². The van der Waals surface area contributed by atoms with Gasteiger partial charge in [0.2, 0.25) is 0 Å². The van der Waals surface area contributed by atoms with Crippen LogP contribution in [0.3, 0.4) is 0 Å². The van der Waals surface area contributed by atoms with E-state index in [1.54, 1.807) is 18.1 Å². The minimum atomic E-state index is -0.234. The van der Waals surface area contributed by atoms with Gasteiger partial charge in [0.1, 0.15) is 0 Å². The van der Waals surface area contributed by atoms with E-state index in [9.17, 15) is 0 Å². The topological polar surface area (TPSA) is 0 Å². The van der Waals surface area contributed by atoms with Gasteiger partial charge in [0, 0.05) is 8.80 Å². The van der Waals surface area contributed by atoms with E-state index in [0.29, 0.717) is 0 Å². The molecule has 0 N–H and O–H groups in total. The molecule has 0 aliphatic rings. The number of rotatable bonds is 6. The van der Waals surface area contributed by atoms with Gasteiger partial charge in [0.25, 0.3) is 0 Å². The Labute approximate surface area is 69.1 Å². The first-order valence-corrected chi connectivity index (χ1v) is 7.30. The van der Waals surface area contributed by atoms with E-state index in [1.807, 2.05) is 0 Å². The molecular formula is C9H23Si+. The van der Waals surface area contributed by atoms with Crippen LogP contribution in [0, 0.1) is 0 Å². The summed E-state index contributed by atoms with van der Waals surface area (Å²) in [6.07, 6.45) is 4.28. The fourth-order valence-corrected chi connectivity index (χ4v) is 4.97. The Bertz CT molecular complexity index is 52.3. The van der Waals surface area contributed by atoms with Crippen molar-refractivity contribution in [2.75, 3.05) is 0 Å². The van der Waals surface area contributed by atoms with Crippen molar-refractivity contribution in [1.29, 1.82) is 0 Å². The summed E-state index contributed by atoms with van der Waals surface area (Å²) in [5, 5.41) is 0. The van der Waals surface area contributed by atoms with Crippen LogP contribution in [-0.4, -0.2) is 8.80 Å². The van der Waals surface area contributed by atoms with Crippen LogP contribution in [0.25, 0.3) is 0 Å². The van der Waals surface area contributed by atoms with Crippen molar-refractivity contribution in [1.82, 2.24) is 0 Å². The largest absolute Gasteiger partial charge is 1.00 e. The Hall–Kier alpha value is 0.217. The van der Waals surface area contributed by atoms with Crippen molar-refractivity contribution < 1.29 is 1.43 Å². The normalized spacial score (nSPS) is 10.8. The summed E-state index contributed by atoms with van der Waals surface area (Å²) in [4.78, 5) is 0. The average molecular weight is 159 g/mol. The van der Waals surface area contributed by atoms with Crippen LogP contribution in [0.2, 0.25) is 18.1 Å². The smallest absolute Gasteiger partial charge is 0.0657 e. The van der Waals surface area contributed by atoms with Gasteiger partial charge in [-0.1, -0.05) is 58.2 Å². The Kier molecular flexibility index (Phi) is 7.48. The molecule has 0 unspecified atom stereocenters. The summed E-state index contributed by atoms with van der Waals surface area (Å²) in [5.41, 5.74) is 0. The van der Waals surface area contributed by atoms with Crippen LogP contribution < -0.4 is 0 Å². The van der Waals surface area contributed by atoms with Crippen molar-refractivity contribution in [2.24, 2.45) is 0 Å². The molecule has 0 aromatic rings.